The molecule has 5 rings (SSSR count). The van der Waals surface area contributed by atoms with Crippen LogP contribution in [0.25, 0.3) is 0 Å². The van der Waals surface area contributed by atoms with E-state index in [0.717, 1.165) is 70.5 Å². The van der Waals surface area contributed by atoms with Gasteiger partial charge in [0, 0.05) is 38.2 Å². The Balaban J connectivity index is 0.00000242. The van der Waals surface area contributed by atoms with Gasteiger partial charge >= 0.3 is 5.97 Å². The number of hydrogen-bond acceptors (Lipinski definition) is 5. The van der Waals surface area contributed by atoms with E-state index in [1.165, 1.54) is 42.2 Å². The first-order valence-electron chi connectivity index (χ1n) is 14.9. The van der Waals surface area contributed by atoms with E-state index in [0.29, 0.717) is 23.7 Å². The molecule has 0 aromatic heterocycles. The van der Waals surface area contributed by atoms with Gasteiger partial charge in [0.1, 0.15) is 0 Å². The van der Waals surface area contributed by atoms with Gasteiger partial charge in [0.25, 0.3) is 0 Å². The highest BCUT2D eigenvalue weighted by Gasteiger charge is 2.20. The van der Waals surface area contributed by atoms with Crippen molar-refractivity contribution in [2.45, 2.75) is 58.0 Å². The lowest BCUT2D eigenvalue weighted by molar-refractivity contribution is 0.0600. The maximum absolute atomic E-state index is 13.1. The Bertz CT molecular complexity index is 1280. The molecule has 0 saturated carbocycles. The molecule has 7 heteroatoms. The first-order valence-corrected chi connectivity index (χ1v) is 14.9. The number of carbonyl (C=O) groups is 2. The number of likely N-dealkylation sites (tertiary alicyclic amines) is 1. The van der Waals surface area contributed by atoms with Gasteiger partial charge in [-0.25, -0.2) is 4.79 Å². The summed E-state index contributed by atoms with van der Waals surface area (Å²) < 4.78 is 4.78. The fraction of sp³-hybridized carbons (Fsp3) is 0.429. The van der Waals surface area contributed by atoms with Gasteiger partial charge in [-0.15, -0.1) is 24.8 Å². The Morgan fingerprint density at radius 2 is 1.33 bits per heavy atom. The Morgan fingerprint density at radius 1 is 0.738 bits per heavy atom. The van der Waals surface area contributed by atoms with Crippen LogP contribution in [0.3, 0.4) is 0 Å². The first-order chi connectivity index (χ1) is 19.6. The highest BCUT2D eigenvalue weighted by Crippen LogP contribution is 2.25. The minimum atomic E-state index is -0.293. The fourth-order valence-electron chi connectivity index (χ4n) is 6.20. The molecule has 5 nitrogen and oxygen atoms in total. The first kappa shape index (κ1) is 33.8. The van der Waals surface area contributed by atoms with Crippen molar-refractivity contribution < 1.29 is 14.3 Å². The number of rotatable bonds is 10. The normalized spacial score (nSPS) is 15.9. The molecule has 0 spiro atoms. The molecule has 1 saturated heterocycles. The van der Waals surface area contributed by atoms with Crippen molar-refractivity contribution in [2.24, 2.45) is 5.92 Å². The van der Waals surface area contributed by atoms with E-state index in [2.05, 4.69) is 58.3 Å². The van der Waals surface area contributed by atoms with Gasteiger partial charge in [0.15, 0.2) is 5.78 Å². The molecule has 0 atom stereocenters. The van der Waals surface area contributed by atoms with Crippen LogP contribution >= 0.6 is 24.8 Å². The average molecular weight is 612 g/mol. The second-order valence-electron chi connectivity index (χ2n) is 11.5. The number of Topliss-reactive ketones (excluding diaryl/α,β-unsaturated/α-hetero) is 1. The van der Waals surface area contributed by atoms with Gasteiger partial charge in [-0.3, -0.25) is 14.6 Å². The molecule has 3 aromatic rings. The number of ketones is 1. The van der Waals surface area contributed by atoms with E-state index in [9.17, 15) is 9.59 Å². The zero-order valence-corrected chi connectivity index (χ0v) is 26.3. The number of halogens is 2. The summed E-state index contributed by atoms with van der Waals surface area (Å²) in [6, 6.07) is 24.9. The molecule has 0 aliphatic carbocycles. The van der Waals surface area contributed by atoms with Crippen molar-refractivity contribution in [3.63, 3.8) is 0 Å². The summed E-state index contributed by atoms with van der Waals surface area (Å²) in [7, 11) is 1.41. The quantitative estimate of drug-likeness (QED) is 0.180. The van der Waals surface area contributed by atoms with Crippen molar-refractivity contribution in [3.8, 4) is 0 Å². The molecular weight excluding hydrogens is 567 g/mol. The summed E-state index contributed by atoms with van der Waals surface area (Å²) in [5, 5.41) is 0. The van der Waals surface area contributed by atoms with Crippen molar-refractivity contribution in [2.75, 3.05) is 33.3 Å². The smallest absolute Gasteiger partial charge is 0.337 e. The molecule has 0 N–H and O–H groups in total. The SMILES string of the molecule is COC(=O)c1ccc(CN2CCC(CCCC(=O)c3ccc4c(c3)CCN(Cc3ccccc3)CC4)CC2)cc1.Cl.Cl. The molecule has 2 heterocycles. The maximum atomic E-state index is 13.1. The van der Waals surface area contributed by atoms with Gasteiger partial charge in [-0.2, -0.15) is 0 Å². The number of esters is 1. The predicted molar refractivity (Wildman–Crippen MR) is 174 cm³/mol. The Kier molecular flexibility index (Phi) is 13.5. The summed E-state index contributed by atoms with van der Waals surface area (Å²) >= 11 is 0. The van der Waals surface area contributed by atoms with Gasteiger partial charge in [0.05, 0.1) is 12.7 Å². The molecule has 0 unspecified atom stereocenters. The van der Waals surface area contributed by atoms with E-state index in [4.69, 9.17) is 4.74 Å². The van der Waals surface area contributed by atoms with E-state index >= 15 is 0 Å². The monoisotopic (exact) mass is 610 g/mol. The van der Waals surface area contributed by atoms with Crippen LogP contribution in [0.1, 0.15) is 75.1 Å². The van der Waals surface area contributed by atoms with Crippen molar-refractivity contribution in [3.05, 3.63) is 106 Å². The zero-order valence-electron chi connectivity index (χ0n) is 24.6. The van der Waals surface area contributed by atoms with E-state index in [1.54, 1.807) is 0 Å². The minimum absolute atomic E-state index is 0. The number of nitrogens with zero attached hydrogens (tertiary/aromatic N) is 2. The Morgan fingerprint density at radius 3 is 2.00 bits per heavy atom. The second kappa shape index (κ2) is 16.8. The van der Waals surface area contributed by atoms with Crippen LogP contribution in [0.4, 0.5) is 0 Å². The third-order valence-electron chi connectivity index (χ3n) is 8.68. The zero-order chi connectivity index (χ0) is 27.7. The highest BCUT2D eigenvalue weighted by molar-refractivity contribution is 5.96. The third-order valence-corrected chi connectivity index (χ3v) is 8.68. The van der Waals surface area contributed by atoms with Gasteiger partial charge in [0.2, 0.25) is 0 Å². The molecule has 2 aliphatic heterocycles. The molecule has 1 fully saturated rings. The topological polar surface area (TPSA) is 49.9 Å². The van der Waals surface area contributed by atoms with Crippen LogP contribution in [-0.2, 0) is 30.7 Å². The van der Waals surface area contributed by atoms with Crippen LogP contribution in [0.5, 0.6) is 0 Å². The summed E-state index contributed by atoms with van der Waals surface area (Å²) in [6.07, 6.45) is 7.18. The number of methoxy groups -OCH3 is 1. The van der Waals surface area contributed by atoms with E-state index < -0.39 is 0 Å². The summed E-state index contributed by atoms with van der Waals surface area (Å²) in [5.41, 5.74) is 6.83. The summed E-state index contributed by atoms with van der Waals surface area (Å²) in [5.74, 6) is 0.702. The van der Waals surface area contributed by atoms with Crippen molar-refractivity contribution in [1.82, 2.24) is 9.80 Å². The van der Waals surface area contributed by atoms with Crippen LogP contribution in [0.15, 0.2) is 72.8 Å². The van der Waals surface area contributed by atoms with Crippen LogP contribution in [0, 0.1) is 5.92 Å². The van der Waals surface area contributed by atoms with Gasteiger partial charge in [-0.1, -0.05) is 54.6 Å². The van der Waals surface area contributed by atoms with E-state index in [-0.39, 0.29) is 30.8 Å². The number of benzene rings is 3. The lowest BCUT2D eigenvalue weighted by Crippen LogP contribution is -2.33. The molecule has 3 aromatic carbocycles. The Labute approximate surface area is 263 Å². The maximum Gasteiger partial charge on any atom is 0.337 e. The third kappa shape index (κ3) is 9.40. The highest BCUT2D eigenvalue weighted by atomic mass is 35.5. The van der Waals surface area contributed by atoms with Gasteiger partial charge < -0.3 is 4.74 Å². The van der Waals surface area contributed by atoms with Crippen LogP contribution < -0.4 is 0 Å². The summed E-state index contributed by atoms with van der Waals surface area (Å²) in [4.78, 5) is 29.7. The van der Waals surface area contributed by atoms with Crippen LogP contribution in [0.2, 0.25) is 0 Å². The summed E-state index contributed by atoms with van der Waals surface area (Å²) in [6.45, 7) is 6.18. The van der Waals surface area contributed by atoms with Crippen LogP contribution in [-0.4, -0.2) is 54.8 Å². The molecule has 0 amide bonds. The number of piperidine rings is 1. The van der Waals surface area contributed by atoms with Gasteiger partial charge in [-0.05, 0) is 98.0 Å². The Hall–Kier alpha value is -2.70. The molecule has 2 aliphatic rings. The van der Waals surface area contributed by atoms with Crippen molar-refractivity contribution >= 4 is 36.6 Å². The molecular formula is C35H44Cl2N2O3. The standard InChI is InChI=1S/C35H42N2O3.2ClH/c1-40-35(39)31-12-10-29(11-13-31)26-36-20-16-27(17-21-36)8-5-9-34(38)33-15-14-30-18-22-37(23-19-32(30)24-33)25-28-6-3-2-4-7-28;;/h2-4,6-7,10-15,24,27H,5,8-9,16-23,25-26H2,1H3;2*1H. The number of hydrogen-bond donors (Lipinski definition) is 0. The number of fused-ring (bicyclic) bond motifs is 1. The number of ether oxygens (including phenoxy) is 1. The lowest BCUT2D eigenvalue weighted by Gasteiger charge is -2.32. The predicted octanol–water partition coefficient (Wildman–Crippen LogP) is 7.18. The molecule has 0 bridgehead atoms. The largest absolute Gasteiger partial charge is 0.465 e. The minimum Gasteiger partial charge on any atom is -0.465 e. The van der Waals surface area contributed by atoms with Crippen molar-refractivity contribution in [1.29, 1.82) is 0 Å². The number of carbonyl (C=O) groups excluding carboxylic acids is 2. The molecule has 226 valence electrons. The lowest BCUT2D eigenvalue weighted by atomic mass is 9.90. The molecule has 42 heavy (non-hydrogen) atoms. The molecule has 0 radical (unpaired) electrons. The fourth-order valence-corrected chi connectivity index (χ4v) is 6.20. The average Bonchev–Trinajstić information content (AvgIpc) is 3.20. The van der Waals surface area contributed by atoms with E-state index in [1.807, 2.05) is 24.3 Å². The second-order valence-corrected chi connectivity index (χ2v) is 11.5.